The van der Waals surface area contributed by atoms with Crippen LogP contribution in [-0.2, 0) is 27.3 Å². The van der Waals surface area contributed by atoms with Gasteiger partial charge in [-0.1, -0.05) is 12.1 Å². The number of ether oxygens (including phenoxy) is 2. The first-order valence-corrected chi connectivity index (χ1v) is 7.60. The summed E-state index contributed by atoms with van der Waals surface area (Å²) in [6.07, 6.45) is 0.425. The minimum atomic E-state index is -1.13. The van der Waals surface area contributed by atoms with Crippen molar-refractivity contribution in [3.63, 3.8) is 0 Å². The molecule has 1 saturated heterocycles. The second-order valence-electron chi connectivity index (χ2n) is 4.45. The number of nitrogens with zero attached hydrogens (tertiary/aromatic N) is 2. The van der Waals surface area contributed by atoms with Gasteiger partial charge in [0.1, 0.15) is 0 Å². The predicted molar refractivity (Wildman–Crippen MR) is 72.3 cm³/mol. The van der Waals surface area contributed by atoms with Gasteiger partial charge in [0.2, 0.25) is 0 Å². The van der Waals surface area contributed by atoms with Crippen LogP contribution in [0.25, 0.3) is 11.0 Å². The molecule has 0 spiro atoms. The highest BCUT2D eigenvalue weighted by Gasteiger charge is 2.19. The Hall–Kier alpha value is -1.24. The van der Waals surface area contributed by atoms with Crippen LogP contribution < -0.4 is 0 Å². The third-order valence-electron chi connectivity index (χ3n) is 3.18. The van der Waals surface area contributed by atoms with E-state index in [9.17, 15) is 4.21 Å². The van der Waals surface area contributed by atoms with Gasteiger partial charge in [0.25, 0.3) is 0 Å². The van der Waals surface area contributed by atoms with Crippen LogP contribution in [0.5, 0.6) is 0 Å². The lowest BCUT2D eigenvalue weighted by Crippen LogP contribution is -2.14. The van der Waals surface area contributed by atoms with E-state index in [4.69, 9.17) is 9.47 Å². The second kappa shape index (κ2) is 5.40. The molecule has 1 atom stereocenters. The number of aryl methyl sites for hydroxylation is 1. The molecule has 19 heavy (non-hydrogen) atoms. The molecule has 0 aliphatic carbocycles. The molecule has 1 aliphatic rings. The van der Waals surface area contributed by atoms with Crippen LogP contribution in [0.15, 0.2) is 29.4 Å². The van der Waals surface area contributed by atoms with E-state index >= 15 is 0 Å². The Morgan fingerprint density at radius 2 is 2.11 bits per heavy atom. The molecule has 102 valence electrons. The Morgan fingerprint density at radius 3 is 2.84 bits per heavy atom. The summed E-state index contributed by atoms with van der Waals surface area (Å²) in [5.74, 6) is 0.502. The number of fused-ring (bicyclic) bond motifs is 1. The van der Waals surface area contributed by atoms with Crippen molar-refractivity contribution >= 4 is 21.8 Å². The minimum absolute atomic E-state index is 0.210. The SMILES string of the molecule is Cn1c([S@@](=O)CCC2OCCO2)nc2ccccc21. The largest absolute Gasteiger partial charge is 0.350 e. The number of hydrogen-bond donors (Lipinski definition) is 0. The molecule has 0 unspecified atom stereocenters. The molecule has 0 bridgehead atoms. The van der Waals surface area contributed by atoms with Crippen LogP contribution in [0.4, 0.5) is 0 Å². The predicted octanol–water partition coefficient (Wildman–Crippen LogP) is 1.44. The Kier molecular flexibility index (Phi) is 3.63. The van der Waals surface area contributed by atoms with Crippen LogP contribution in [0, 0.1) is 0 Å². The first kappa shape index (κ1) is 12.8. The minimum Gasteiger partial charge on any atom is -0.350 e. The number of hydrogen-bond acceptors (Lipinski definition) is 4. The highest BCUT2D eigenvalue weighted by Crippen LogP contribution is 2.18. The summed E-state index contributed by atoms with van der Waals surface area (Å²) in [4.78, 5) is 4.44. The number of imidazole rings is 1. The van der Waals surface area contributed by atoms with E-state index in [2.05, 4.69) is 4.98 Å². The van der Waals surface area contributed by atoms with E-state index in [1.54, 1.807) is 0 Å². The molecule has 0 radical (unpaired) electrons. The van der Waals surface area contributed by atoms with Crippen molar-refractivity contribution in [1.29, 1.82) is 0 Å². The Morgan fingerprint density at radius 1 is 1.37 bits per heavy atom. The molecule has 0 saturated carbocycles. The van der Waals surface area contributed by atoms with Crippen LogP contribution in [0.1, 0.15) is 6.42 Å². The smallest absolute Gasteiger partial charge is 0.199 e. The number of rotatable bonds is 4. The lowest BCUT2D eigenvalue weighted by atomic mass is 10.3. The van der Waals surface area contributed by atoms with Crippen molar-refractivity contribution in [2.45, 2.75) is 17.9 Å². The first-order valence-electron chi connectivity index (χ1n) is 6.29. The van der Waals surface area contributed by atoms with Crippen molar-refractivity contribution in [2.24, 2.45) is 7.05 Å². The summed E-state index contributed by atoms with van der Waals surface area (Å²) in [6, 6.07) is 7.80. The number of aromatic nitrogens is 2. The fourth-order valence-corrected chi connectivity index (χ4v) is 3.39. The fourth-order valence-electron chi connectivity index (χ4n) is 2.20. The maximum Gasteiger partial charge on any atom is 0.199 e. The fraction of sp³-hybridized carbons (Fsp3) is 0.462. The molecule has 3 rings (SSSR count). The molecule has 1 aliphatic heterocycles. The van der Waals surface area contributed by atoms with E-state index in [1.165, 1.54) is 0 Å². The maximum atomic E-state index is 12.3. The van der Waals surface area contributed by atoms with E-state index in [1.807, 2.05) is 35.9 Å². The van der Waals surface area contributed by atoms with Crippen LogP contribution in [-0.4, -0.2) is 39.0 Å². The van der Waals surface area contributed by atoms with Gasteiger partial charge in [-0.2, -0.15) is 0 Å². The number of benzene rings is 1. The topological polar surface area (TPSA) is 53.4 Å². The van der Waals surface area contributed by atoms with Gasteiger partial charge >= 0.3 is 0 Å². The highest BCUT2D eigenvalue weighted by molar-refractivity contribution is 7.84. The normalized spacial score (nSPS) is 18.2. The molecule has 6 heteroatoms. The van der Waals surface area contributed by atoms with Crippen molar-refractivity contribution in [3.8, 4) is 0 Å². The maximum absolute atomic E-state index is 12.3. The van der Waals surface area contributed by atoms with Gasteiger partial charge in [-0.15, -0.1) is 0 Å². The Bertz CT molecular complexity index is 605. The summed E-state index contributed by atoms with van der Waals surface area (Å²) >= 11 is 0. The molecule has 1 aromatic heterocycles. The standard InChI is InChI=1S/C13H16N2O3S/c1-15-11-5-3-2-4-10(11)14-13(15)19(16)9-6-12-17-7-8-18-12/h2-5,12H,6-9H2,1H3/t19-/m0/s1. The Labute approximate surface area is 114 Å². The van der Waals surface area contributed by atoms with Gasteiger partial charge in [-0.3, -0.25) is 4.21 Å². The zero-order valence-electron chi connectivity index (χ0n) is 10.7. The molecular formula is C13H16N2O3S. The first-order chi connectivity index (χ1) is 9.25. The summed E-state index contributed by atoms with van der Waals surface area (Å²) in [5, 5.41) is 0.610. The lowest BCUT2D eigenvalue weighted by molar-refractivity contribution is -0.0423. The summed E-state index contributed by atoms with van der Waals surface area (Å²) in [6.45, 7) is 1.26. The van der Waals surface area contributed by atoms with Gasteiger partial charge in [-0.25, -0.2) is 4.98 Å². The van der Waals surface area contributed by atoms with Gasteiger partial charge in [-0.05, 0) is 12.1 Å². The quantitative estimate of drug-likeness (QED) is 0.850. The molecule has 1 fully saturated rings. The van der Waals surface area contributed by atoms with E-state index in [-0.39, 0.29) is 6.29 Å². The molecule has 5 nitrogen and oxygen atoms in total. The average Bonchev–Trinajstić information content (AvgIpc) is 3.05. The summed E-state index contributed by atoms with van der Waals surface area (Å²) in [5.41, 5.74) is 1.88. The van der Waals surface area contributed by atoms with Gasteiger partial charge < -0.3 is 14.0 Å². The van der Waals surface area contributed by atoms with Crippen LogP contribution in [0.2, 0.25) is 0 Å². The van der Waals surface area contributed by atoms with Gasteiger partial charge in [0.15, 0.2) is 11.4 Å². The van der Waals surface area contributed by atoms with Crippen molar-refractivity contribution < 1.29 is 13.7 Å². The van der Waals surface area contributed by atoms with Crippen LogP contribution >= 0.6 is 0 Å². The average molecular weight is 280 g/mol. The summed E-state index contributed by atoms with van der Waals surface area (Å²) in [7, 11) is 0.762. The molecule has 0 amide bonds. The third-order valence-corrected chi connectivity index (χ3v) is 4.56. The van der Waals surface area contributed by atoms with E-state index < -0.39 is 10.8 Å². The van der Waals surface area contributed by atoms with Gasteiger partial charge in [0.05, 0.1) is 35.0 Å². The zero-order valence-corrected chi connectivity index (χ0v) is 11.6. The summed E-state index contributed by atoms with van der Waals surface area (Å²) < 4.78 is 24.9. The monoisotopic (exact) mass is 280 g/mol. The van der Waals surface area contributed by atoms with Crippen LogP contribution in [0.3, 0.4) is 0 Å². The van der Waals surface area contributed by atoms with Crippen molar-refractivity contribution in [1.82, 2.24) is 9.55 Å². The van der Waals surface area contributed by atoms with Crippen molar-refractivity contribution in [3.05, 3.63) is 24.3 Å². The van der Waals surface area contributed by atoms with E-state index in [0.717, 1.165) is 11.0 Å². The third kappa shape index (κ3) is 2.56. The molecule has 1 aromatic carbocycles. The Balaban J connectivity index is 1.75. The molecule has 2 heterocycles. The van der Waals surface area contributed by atoms with Gasteiger partial charge in [0, 0.05) is 19.2 Å². The van der Waals surface area contributed by atoms with E-state index in [0.29, 0.717) is 30.5 Å². The molecular weight excluding hydrogens is 264 g/mol. The lowest BCUT2D eigenvalue weighted by Gasteiger charge is -2.08. The molecule has 2 aromatic rings. The number of para-hydroxylation sites is 2. The second-order valence-corrected chi connectivity index (χ2v) is 5.92. The molecule has 0 N–H and O–H groups in total. The zero-order chi connectivity index (χ0) is 13.2. The van der Waals surface area contributed by atoms with Crippen molar-refractivity contribution in [2.75, 3.05) is 19.0 Å². The highest BCUT2D eigenvalue weighted by atomic mass is 32.2.